The predicted molar refractivity (Wildman–Crippen MR) is 105 cm³/mol. The molecule has 2 aliphatic rings. The average molecular weight is 427 g/mol. The molecule has 1 atom stereocenters. The van der Waals surface area contributed by atoms with Gasteiger partial charge in [0.05, 0.1) is 12.5 Å². The van der Waals surface area contributed by atoms with Gasteiger partial charge in [0.1, 0.15) is 10.6 Å². The van der Waals surface area contributed by atoms with Crippen molar-refractivity contribution in [2.75, 3.05) is 19.6 Å². The van der Waals surface area contributed by atoms with Crippen molar-refractivity contribution >= 4 is 21.8 Å². The van der Waals surface area contributed by atoms with E-state index in [0.29, 0.717) is 25.1 Å². The lowest BCUT2D eigenvalue weighted by molar-refractivity contribution is -0.129. The zero-order valence-corrected chi connectivity index (χ0v) is 17.9. The first kappa shape index (κ1) is 21.8. The van der Waals surface area contributed by atoms with Crippen LogP contribution in [0.5, 0.6) is 0 Å². The van der Waals surface area contributed by atoms with E-state index in [9.17, 15) is 18.0 Å². The number of carbonyl (C=O) groups is 2. The molecule has 0 bridgehead atoms. The molecule has 2 N–H and O–H groups in total. The molecule has 162 valence electrons. The minimum atomic E-state index is -3.78. The summed E-state index contributed by atoms with van der Waals surface area (Å²) >= 11 is 0. The number of sulfonamides is 1. The van der Waals surface area contributed by atoms with Crippen molar-refractivity contribution in [3.63, 3.8) is 0 Å². The van der Waals surface area contributed by atoms with Crippen LogP contribution in [0, 0.1) is 19.8 Å². The average Bonchev–Trinajstić information content (AvgIpc) is 3.06. The number of nitrogens with zero attached hydrogens (tertiary/aromatic N) is 2. The van der Waals surface area contributed by atoms with Crippen molar-refractivity contribution < 1.29 is 22.5 Å². The van der Waals surface area contributed by atoms with Crippen LogP contribution in [-0.4, -0.2) is 55.4 Å². The van der Waals surface area contributed by atoms with Gasteiger partial charge in [0.25, 0.3) is 0 Å². The van der Waals surface area contributed by atoms with Crippen LogP contribution in [0.2, 0.25) is 0 Å². The highest BCUT2D eigenvalue weighted by atomic mass is 32.2. The van der Waals surface area contributed by atoms with Crippen molar-refractivity contribution in [1.82, 2.24) is 20.1 Å². The Morgan fingerprint density at radius 3 is 2.52 bits per heavy atom. The molecule has 2 amide bonds. The van der Waals surface area contributed by atoms with E-state index in [2.05, 4.69) is 15.8 Å². The van der Waals surface area contributed by atoms with Crippen LogP contribution in [0.15, 0.2) is 9.42 Å². The number of hydrogen-bond donors (Lipinski definition) is 2. The van der Waals surface area contributed by atoms with E-state index in [1.54, 1.807) is 13.8 Å². The summed E-state index contributed by atoms with van der Waals surface area (Å²) < 4.78 is 32.3. The summed E-state index contributed by atoms with van der Waals surface area (Å²) in [5.41, 5.74) is 0.313. The molecule has 9 nitrogen and oxygen atoms in total. The summed E-state index contributed by atoms with van der Waals surface area (Å²) in [7, 11) is -3.78. The number of carbonyl (C=O) groups excluding carboxylic acids is 2. The van der Waals surface area contributed by atoms with Gasteiger partial charge in [0.15, 0.2) is 5.76 Å². The molecule has 1 aliphatic heterocycles. The Kier molecular flexibility index (Phi) is 6.94. The number of aromatic nitrogens is 1. The van der Waals surface area contributed by atoms with E-state index in [1.165, 1.54) is 10.7 Å². The van der Waals surface area contributed by atoms with E-state index in [0.717, 1.165) is 25.7 Å². The number of rotatable bonds is 6. The molecular formula is C19H30N4O5S. The fourth-order valence-electron chi connectivity index (χ4n) is 4.18. The Morgan fingerprint density at radius 1 is 1.14 bits per heavy atom. The van der Waals surface area contributed by atoms with E-state index in [-0.39, 0.29) is 41.6 Å². The number of hydrogen-bond acceptors (Lipinski definition) is 6. The third kappa shape index (κ3) is 5.16. The summed E-state index contributed by atoms with van der Waals surface area (Å²) in [4.78, 5) is 24.7. The van der Waals surface area contributed by atoms with Crippen LogP contribution in [0.1, 0.15) is 56.4 Å². The summed E-state index contributed by atoms with van der Waals surface area (Å²) in [5.74, 6) is -0.723. The van der Waals surface area contributed by atoms with Crippen molar-refractivity contribution in [2.45, 2.75) is 69.7 Å². The minimum absolute atomic E-state index is 0.0745. The maximum Gasteiger partial charge on any atom is 0.248 e. The Bertz CT molecular complexity index is 825. The number of aryl methyl sites for hydroxylation is 2. The SMILES string of the molecule is Cc1noc(C)c1S(=O)(=O)N1CCCC(C(=O)NCC(=O)NC2CCCCC2)C1. The lowest BCUT2D eigenvalue weighted by Crippen LogP contribution is -2.48. The molecule has 1 aromatic rings. The van der Waals surface area contributed by atoms with Crippen molar-refractivity contribution in [3.05, 3.63) is 11.5 Å². The number of amides is 2. The first-order valence-electron chi connectivity index (χ1n) is 10.3. The lowest BCUT2D eigenvalue weighted by Gasteiger charge is -2.31. The van der Waals surface area contributed by atoms with Gasteiger partial charge in [-0.05, 0) is 39.5 Å². The highest BCUT2D eigenvalue weighted by Crippen LogP contribution is 2.27. The molecule has 29 heavy (non-hydrogen) atoms. The first-order valence-corrected chi connectivity index (χ1v) is 11.7. The zero-order valence-electron chi connectivity index (χ0n) is 17.1. The second-order valence-electron chi connectivity index (χ2n) is 7.98. The smallest absolute Gasteiger partial charge is 0.248 e. The molecule has 2 fully saturated rings. The summed E-state index contributed by atoms with van der Waals surface area (Å²) in [6.07, 6.45) is 6.58. The van der Waals surface area contributed by atoms with Gasteiger partial charge in [-0.2, -0.15) is 4.31 Å². The quantitative estimate of drug-likeness (QED) is 0.706. The molecule has 1 aliphatic carbocycles. The molecule has 1 saturated carbocycles. The minimum Gasteiger partial charge on any atom is -0.360 e. The monoisotopic (exact) mass is 426 g/mol. The Balaban J connectivity index is 1.54. The first-order chi connectivity index (χ1) is 13.8. The van der Waals surface area contributed by atoms with Gasteiger partial charge >= 0.3 is 0 Å². The maximum absolute atomic E-state index is 13.0. The van der Waals surface area contributed by atoms with E-state index in [1.807, 2.05) is 0 Å². The van der Waals surface area contributed by atoms with Crippen LogP contribution in [0.3, 0.4) is 0 Å². The van der Waals surface area contributed by atoms with E-state index >= 15 is 0 Å². The van der Waals surface area contributed by atoms with Crippen molar-refractivity contribution in [3.8, 4) is 0 Å². The van der Waals surface area contributed by atoms with Gasteiger partial charge < -0.3 is 15.2 Å². The standard InChI is InChI=1S/C19H30N4O5S/c1-13-18(14(2)28-22-13)29(26,27)23-10-6-7-15(12-23)19(25)20-11-17(24)21-16-8-4-3-5-9-16/h15-16H,3-12H2,1-2H3,(H,20,25)(H,21,24). The molecule has 1 aromatic heterocycles. The molecule has 2 heterocycles. The molecule has 10 heteroatoms. The topological polar surface area (TPSA) is 122 Å². The second kappa shape index (κ2) is 9.25. The molecular weight excluding hydrogens is 396 g/mol. The highest BCUT2D eigenvalue weighted by molar-refractivity contribution is 7.89. The number of nitrogens with one attached hydrogen (secondary N) is 2. The molecule has 1 unspecified atom stereocenters. The number of piperidine rings is 1. The van der Waals surface area contributed by atoms with Gasteiger partial charge in [-0.1, -0.05) is 24.4 Å². The second-order valence-corrected chi connectivity index (χ2v) is 9.85. The summed E-state index contributed by atoms with van der Waals surface area (Å²) in [6, 6.07) is 0.193. The Labute approximate surface area is 171 Å². The largest absolute Gasteiger partial charge is 0.360 e. The van der Waals surface area contributed by atoms with Crippen LogP contribution in [-0.2, 0) is 19.6 Å². The molecule has 0 radical (unpaired) electrons. The van der Waals surface area contributed by atoms with Gasteiger partial charge in [0, 0.05) is 19.1 Å². The fourth-order valence-corrected chi connectivity index (χ4v) is 6.00. The molecule has 0 spiro atoms. The third-order valence-electron chi connectivity index (χ3n) is 5.71. The molecule has 1 saturated heterocycles. The lowest BCUT2D eigenvalue weighted by atomic mass is 9.95. The Morgan fingerprint density at radius 2 is 1.86 bits per heavy atom. The van der Waals surface area contributed by atoms with E-state index in [4.69, 9.17) is 4.52 Å². The Hall–Kier alpha value is -1.94. The highest BCUT2D eigenvalue weighted by Gasteiger charge is 2.36. The van der Waals surface area contributed by atoms with Crippen molar-refractivity contribution in [2.24, 2.45) is 5.92 Å². The molecule has 3 rings (SSSR count). The predicted octanol–water partition coefficient (Wildman–Crippen LogP) is 1.26. The normalized spacial score (nSPS) is 21.7. The van der Waals surface area contributed by atoms with Crippen LogP contribution in [0.25, 0.3) is 0 Å². The van der Waals surface area contributed by atoms with Gasteiger partial charge in [-0.3, -0.25) is 9.59 Å². The van der Waals surface area contributed by atoms with Crippen molar-refractivity contribution in [1.29, 1.82) is 0 Å². The van der Waals surface area contributed by atoms with Gasteiger partial charge in [-0.25, -0.2) is 8.42 Å². The molecule has 0 aromatic carbocycles. The fraction of sp³-hybridized carbons (Fsp3) is 0.737. The maximum atomic E-state index is 13.0. The van der Waals surface area contributed by atoms with Crippen LogP contribution >= 0.6 is 0 Å². The van der Waals surface area contributed by atoms with E-state index < -0.39 is 15.9 Å². The van der Waals surface area contributed by atoms with Crippen LogP contribution < -0.4 is 10.6 Å². The summed E-state index contributed by atoms with van der Waals surface area (Å²) in [5, 5.41) is 9.36. The third-order valence-corrected chi connectivity index (χ3v) is 7.82. The van der Waals surface area contributed by atoms with Gasteiger partial charge in [0.2, 0.25) is 21.8 Å². The summed E-state index contributed by atoms with van der Waals surface area (Å²) in [6.45, 7) is 3.50. The zero-order chi connectivity index (χ0) is 21.0. The van der Waals surface area contributed by atoms with Gasteiger partial charge in [-0.15, -0.1) is 0 Å². The van der Waals surface area contributed by atoms with Crippen LogP contribution in [0.4, 0.5) is 0 Å².